The first-order chi connectivity index (χ1) is 12.5. The third-order valence-corrected chi connectivity index (χ3v) is 3.84. The number of carboxylic acid groups (broad SMARTS) is 1. The van der Waals surface area contributed by atoms with Crippen LogP contribution in [0.3, 0.4) is 0 Å². The van der Waals surface area contributed by atoms with Gasteiger partial charge in [-0.15, -0.1) is 0 Å². The number of carboxylic acids is 1. The van der Waals surface area contributed by atoms with Crippen LogP contribution in [-0.4, -0.2) is 42.1 Å². The lowest BCUT2D eigenvalue weighted by Crippen LogP contribution is -2.30. The number of hydrogen-bond donors (Lipinski definition) is 2. The molecule has 2 rings (SSSR count). The molecule has 138 valence electrons. The van der Waals surface area contributed by atoms with E-state index in [1.165, 1.54) is 0 Å². The highest BCUT2D eigenvalue weighted by molar-refractivity contribution is 6.04. The first-order valence-electron chi connectivity index (χ1n) is 8.50. The molecule has 0 radical (unpaired) electrons. The molecule has 0 saturated carbocycles. The second-order valence-corrected chi connectivity index (χ2v) is 5.99. The Kier molecular flexibility index (Phi) is 7.17. The summed E-state index contributed by atoms with van der Waals surface area (Å²) in [6, 6.07) is 14.3. The third kappa shape index (κ3) is 5.89. The van der Waals surface area contributed by atoms with E-state index in [0.29, 0.717) is 30.1 Å². The summed E-state index contributed by atoms with van der Waals surface area (Å²) in [6.45, 7) is 3.23. The van der Waals surface area contributed by atoms with Crippen molar-refractivity contribution >= 4 is 17.6 Å². The van der Waals surface area contributed by atoms with E-state index in [1.54, 1.807) is 31.4 Å². The number of aliphatic carboxylic acids is 1. The van der Waals surface area contributed by atoms with Gasteiger partial charge < -0.3 is 15.2 Å². The summed E-state index contributed by atoms with van der Waals surface area (Å²) < 4.78 is 5.09. The molecule has 0 saturated heterocycles. The number of methoxy groups -OCH3 is 1. The van der Waals surface area contributed by atoms with Crippen LogP contribution in [-0.2, 0) is 11.3 Å². The maximum absolute atomic E-state index is 12.4. The predicted molar refractivity (Wildman–Crippen MR) is 101 cm³/mol. The number of rotatable bonds is 9. The van der Waals surface area contributed by atoms with Crippen molar-refractivity contribution < 1.29 is 19.4 Å². The van der Waals surface area contributed by atoms with Crippen molar-refractivity contribution in [3.8, 4) is 5.75 Å². The number of carbonyl (C=O) groups excluding carboxylic acids is 1. The van der Waals surface area contributed by atoms with Crippen molar-refractivity contribution in [1.82, 2.24) is 4.90 Å². The lowest BCUT2D eigenvalue weighted by atomic mass is 10.1. The number of amides is 1. The van der Waals surface area contributed by atoms with Gasteiger partial charge in [0.2, 0.25) is 0 Å². The van der Waals surface area contributed by atoms with E-state index in [9.17, 15) is 9.59 Å². The van der Waals surface area contributed by atoms with Crippen molar-refractivity contribution in [3.05, 3.63) is 59.7 Å². The fraction of sp³-hybridized carbons (Fsp3) is 0.300. The van der Waals surface area contributed by atoms with Gasteiger partial charge in [-0.2, -0.15) is 0 Å². The normalized spacial score (nSPS) is 10.6. The summed E-state index contributed by atoms with van der Waals surface area (Å²) in [7, 11) is 1.58. The van der Waals surface area contributed by atoms with Gasteiger partial charge in [0.1, 0.15) is 5.75 Å². The molecular formula is C20H24N2O4. The highest BCUT2D eigenvalue weighted by atomic mass is 16.5. The number of carbonyl (C=O) groups is 2. The minimum atomic E-state index is -0.845. The van der Waals surface area contributed by atoms with Crippen LogP contribution in [0.2, 0.25) is 0 Å². The van der Waals surface area contributed by atoms with Crippen molar-refractivity contribution in [2.75, 3.05) is 25.5 Å². The number of anilines is 1. The molecule has 2 N–H and O–H groups in total. The zero-order chi connectivity index (χ0) is 18.9. The lowest BCUT2D eigenvalue weighted by molar-refractivity contribution is -0.138. The molecule has 2 aromatic carbocycles. The minimum absolute atomic E-state index is 0.00370. The van der Waals surface area contributed by atoms with Gasteiger partial charge in [0, 0.05) is 17.8 Å². The predicted octanol–water partition coefficient (Wildman–Crippen LogP) is 3.24. The van der Waals surface area contributed by atoms with Crippen molar-refractivity contribution in [2.45, 2.75) is 19.9 Å². The van der Waals surface area contributed by atoms with Gasteiger partial charge in [-0.25, -0.2) is 0 Å². The summed E-state index contributed by atoms with van der Waals surface area (Å²) in [6.07, 6.45) is 0.876. The summed E-state index contributed by atoms with van der Waals surface area (Å²) in [5.74, 6) is -0.360. The molecule has 0 aliphatic carbocycles. The highest BCUT2D eigenvalue weighted by Gasteiger charge is 2.11. The van der Waals surface area contributed by atoms with Crippen LogP contribution in [0.5, 0.6) is 5.75 Å². The Labute approximate surface area is 153 Å². The van der Waals surface area contributed by atoms with Crippen LogP contribution in [0.4, 0.5) is 5.69 Å². The van der Waals surface area contributed by atoms with Crippen LogP contribution in [0, 0.1) is 0 Å². The number of nitrogens with zero attached hydrogens (tertiary/aromatic N) is 1. The largest absolute Gasteiger partial charge is 0.497 e. The Balaban J connectivity index is 2.05. The number of ether oxygens (including phenoxy) is 1. The van der Waals surface area contributed by atoms with Gasteiger partial charge in [-0.3, -0.25) is 14.5 Å². The van der Waals surface area contributed by atoms with Gasteiger partial charge in [0.15, 0.2) is 0 Å². The molecule has 0 aromatic heterocycles. The molecule has 0 unspecified atom stereocenters. The smallest absolute Gasteiger partial charge is 0.317 e. The van der Waals surface area contributed by atoms with E-state index in [4.69, 9.17) is 9.84 Å². The molecule has 1 amide bonds. The van der Waals surface area contributed by atoms with E-state index in [2.05, 4.69) is 5.32 Å². The Morgan fingerprint density at radius 2 is 1.88 bits per heavy atom. The summed E-state index contributed by atoms with van der Waals surface area (Å²) in [5, 5.41) is 11.9. The molecule has 0 fully saturated rings. The van der Waals surface area contributed by atoms with Gasteiger partial charge in [-0.1, -0.05) is 19.1 Å². The van der Waals surface area contributed by atoms with Crippen LogP contribution < -0.4 is 10.1 Å². The van der Waals surface area contributed by atoms with Gasteiger partial charge in [0.25, 0.3) is 5.91 Å². The molecule has 26 heavy (non-hydrogen) atoms. The lowest BCUT2D eigenvalue weighted by Gasteiger charge is -2.19. The van der Waals surface area contributed by atoms with Crippen LogP contribution >= 0.6 is 0 Å². The first kappa shape index (κ1) is 19.5. The minimum Gasteiger partial charge on any atom is -0.497 e. The van der Waals surface area contributed by atoms with E-state index in [1.807, 2.05) is 36.1 Å². The fourth-order valence-electron chi connectivity index (χ4n) is 2.67. The quantitative estimate of drug-likeness (QED) is 0.721. The Morgan fingerprint density at radius 3 is 2.50 bits per heavy atom. The van der Waals surface area contributed by atoms with Crippen molar-refractivity contribution in [3.63, 3.8) is 0 Å². The maximum atomic E-state index is 12.4. The second kappa shape index (κ2) is 9.58. The summed E-state index contributed by atoms with van der Waals surface area (Å²) in [4.78, 5) is 25.2. The van der Waals surface area contributed by atoms with E-state index < -0.39 is 5.97 Å². The fourth-order valence-corrected chi connectivity index (χ4v) is 2.67. The average Bonchev–Trinajstić information content (AvgIpc) is 2.61. The molecule has 6 heteroatoms. The summed E-state index contributed by atoms with van der Waals surface area (Å²) in [5.41, 5.74) is 2.16. The number of benzene rings is 2. The van der Waals surface area contributed by atoms with Crippen LogP contribution in [0.1, 0.15) is 29.3 Å². The van der Waals surface area contributed by atoms with Gasteiger partial charge >= 0.3 is 5.97 Å². The van der Waals surface area contributed by atoms with Crippen LogP contribution in [0.15, 0.2) is 48.5 Å². The van der Waals surface area contributed by atoms with Crippen molar-refractivity contribution in [2.24, 2.45) is 0 Å². The van der Waals surface area contributed by atoms with E-state index >= 15 is 0 Å². The standard InChI is InChI=1S/C20H24N2O4/c1-3-11-22(14-19(23)24)13-15-5-4-6-17(12-15)21-20(25)16-7-9-18(26-2)10-8-16/h4-10,12H,3,11,13-14H2,1-2H3,(H,21,25)(H,23,24). The molecule has 0 atom stereocenters. The second-order valence-electron chi connectivity index (χ2n) is 5.99. The first-order valence-corrected chi connectivity index (χ1v) is 8.50. The molecule has 2 aromatic rings. The molecule has 0 aliphatic heterocycles. The molecular weight excluding hydrogens is 332 g/mol. The third-order valence-electron chi connectivity index (χ3n) is 3.84. The zero-order valence-electron chi connectivity index (χ0n) is 15.1. The number of hydrogen-bond acceptors (Lipinski definition) is 4. The average molecular weight is 356 g/mol. The van der Waals surface area contributed by atoms with E-state index in [0.717, 1.165) is 12.0 Å². The van der Waals surface area contributed by atoms with Gasteiger partial charge in [-0.05, 0) is 54.9 Å². The molecule has 0 bridgehead atoms. The zero-order valence-corrected chi connectivity index (χ0v) is 15.1. The van der Waals surface area contributed by atoms with E-state index in [-0.39, 0.29) is 12.5 Å². The summed E-state index contributed by atoms with van der Waals surface area (Å²) >= 11 is 0. The monoisotopic (exact) mass is 356 g/mol. The Hall–Kier alpha value is -2.86. The van der Waals surface area contributed by atoms with Crippen molar-refractivity contribution in [1.29, 1.82) is 0 Å². The highest BCUT2D eigenvalue weighted by Crippen LogP contribution is 2.16. The SMILES string of the molecule is CCCN(CC(=O)O)Cc1cccc(NC(=O)c2ccc(OC)cc2)c1. The number of nitrogens with one attached hydrogen (secondary N) is 1. The van der Waals surface area contributed by atoms with Gasteiger partial charge in [0.05, 0.1) is 13.7 Å². The Morgan fingerprint density at radius 1 is 1.15 bits per heavy atom. The van der Waals surface area contributed by atoms with Crippen LogP contribution in [0.25, 0.3) is 0 Å². The molecule has 0 spiro atoms. The molecule has 6 nitrogen and oxygen atoms in total. The maximum Gasteiger partial charge on any atom is 0.317 e. The Bertz CT molecular complexity index is 744. The molecule has 0 aliphatic rings. The molecule has 0 heterocycles. The topological polar surface area (TPSA) is 78.9 Å².